The number of nitrogens with one attached hydrogen (secondary N) is 1. The molecule has 3 nitrogen and oxygen atoms in total. The van der Waals surface area contributed by atoms with Crippen molar-refractivity contribution < 1.29 is 0 Å². The molecule has 0 aromatic carbocycles. The fourth-order valence-corrected chi connectivity index (χ4v) is 3.15. The predicted octanol–water partition coefficient (Wildman–Crippen LogP) is 1.69. The van der Waals surface area contributed by atoms with E-state index >= 15 is 0 Å². The van der Waals surface area contributed by atoms with E-state index in [1.54, 1.807) is 0 Å². The second-order valence-electron chi connectivity index (χ2n) is 5.87. The number of rotatable bonds is 2. The number of thiocarbonyl (C=S) groups is 1. The first-order valence-electron chi connectivity index (χ1n) is 6.82. The summed E-state index contributed by atoms with van der Waals surface area (Å²) in [6, 6.07) is 1.50. The highest BCUT2D eigenvalue weighted by Crippen LogP contribution is 2.28. The molecule has 2 bridgehead atoms. The lowest BCUT2D eigenvalue weighted by Crippen LogP contribution is -2.45. The first kappa shape index (κ1) is 13.1. The van der Waals surface area contributed by atoms with E-state index in [1.807, 2.05) is 0 Å². The fraction of sp³-hybridized carbons (Fsp3) is 0.923. The quantitative estimate of drug-likeness (QED) is 0.757. The lowest BCUT2D eigenvalue weighted by Gasteiger charge is -2.28. The Morgan fingerprint density at radius 1 is 1.29 bits per heavy atom. The van der Waals surface area contributed by atoms with E-state index in [0.717, 1.165) is 30.8 Å². The van der Waals surface area contributed by atoms with E-state index in [-0.39, 0.29) is 0 Å². The molecule has 2 aliphatic rings. The first-order valence-corrected chi connectivity index (χ1v) is 7.23. The molecule has 0 aliphatic carbocycles. The monoisotopic (exact) mass is 255 g/mol. The zero-order valence-corrected chi connectivity index (χ0v) is 12.1. The molecule has 98 valence electrons. The Bertz CT molecular complexity index is 280. The van der Waals surface area contributed by atoms with Gasteiger partial charge in [-0.2, -0.15) is 0 Å². The van der Waals surface area contributed by atoms with Gasteiger partial charge < -0.3 is 10.2 Å². The highest BCUT2D eigenvalue weighted by Gasteiger charge is 2.35. The van der Waals surface area contributed by atoms with Gasteiger partial charge in [0.2, 0.25) is 0 Å². The molecular formula is C13H25N3S. The normalized spacial score (nSPS) is 29.5. The van der Waals surface area contributed by atoms with E-state index in [4.69, 9.17) is 12.2 Å². The topological polar surface area (TPSA) is 18.5 Å². The van der Waals surface area contributed by atoms with Crippen molar-refractivity contribution >= 4 is 17.3 Å². The summed E-state index contributed by atoms with van der Waals surface area (Å²) in [7, 11) is 2.27. The summed E-state index contributed by atoms with van der Waals surface area (Å²) in [5.41, 5.74) is 0. The van der Waals surface area contributed by atoms with Crippen LogP contribution in [-0.4, -0.2) is 53.7 Å². The maximum atomic E-state index is 5.50. The summed E-state index contributed by atoms with van der Waals surface area (Å²) < 4.78 is 0. The number of fused-ring (bicyclic) bond motifs is 2. The minimum atomic E-state index is 0.652. The SMILES string of the molecule is CC(C)CNC(=S)N1CCC2CCC(C1)N2C. The number of hydrogen-bond acceptors (Lipinski definition) is 2. The molecule has 2 saturated heterocycles. The van der Waals surface area contributed by atoms with Crippen LogP contribution in [0.3, 0.4) is 0 Å². The minimum absolute atomic E-state index is 0.652. The van der Waals surface area contributed by atoms with Gasteiger partial charge >= 0.3 is 0 Å². The Morgan fingerprint density at radius 3 is 2.71 bits per heavy atom. The van der Waals surface area contributed by atoms with Crippen LogP contribution in [0.15, 0.2) is 0 Å². The van der Waals surface area contributed by atoms with E-state index in [9.17, 15) is 0 Å². The maximum Gasteiger partial charge on any atom is 0.168 e. The van der Waals surface area contributed by atoms with Gasteiger partial charge in [-0.1, -0.05) is 13.8 Å². The smallest absolute Gasteiger partial charge is 0.168 e. The third kappa shape index (κ3) is 3.10. The van der Waals surface area contributed by atoms with E-state index in [0.29, 0.717) is 12.0 Å². The summed E-state index contributed by atoms with van der Waals surface area (Å²) in [5, 5.41) is 4.35. The molecule has 2 aliphatic heterocycles. The highest BCUT2D eigenvalue weighted by atomic mass is 32.1. The summed E-state index contributed by atoms with van der Waals surface area (Å²) in [4.78, 5) is 4.93. The fourth-order valence-electron chi connectivity index (χ4n) is 2.90. The van der Waals surface area contributed by atoms with Crippen LogP contribution in [0.4, 0.5) is 0 Å². The van der Waals surface area contributed by atoms with Crippen LogP contribution in [0.2, 0.25) is 0 Å². The second-order valence-corrected chi connectivity index (χ2v) is 6.25. The Hall–Kier alpha value is -0.350. The van der Waals surface area contributed by atoms with Crippen LogP contribution in [0.1, 0.15) is 33.1 Å². The molecular weight excluding hydrogens is 230 g/mol. The molecule has 0 saturated carbocycles. The van der Waals surface area contributed by atoms with Gasteiger partial charge in [0, 0.05) is 31.7 Å². The molecule has 2 fully saturated rings. The molecule has 1 N–H and O–H groups in total. The van der Waals surface area contributed by atoms with Crippen molar-refractivity contribution in [2.75, 3.05) is 26.7 Å². The van der Waals surface area contributed by atoms with Crippen LogP contribution in [0, 0.1) is 5.92 Å². The summed E-state index contributed by atoms with van der Waals surface area (Å²) in [6.07, 6.45) is 3.97. The summed E-state index contributed by atoms with van der Waals surface area (Å²) in [5.74, 6) is 0.652. The van der Waals surface area contributed by atoms with Crippen LogP contribution >= 0.6 is 12.2 Å². The van der Waals surface area contributed by atoms with E-state index < -0.39 is 0 Å². The summed E-state index contributed by atoms with van der Waals surface area (Å²) >= 11 is 5.50. The molecule has 0 aromatic heterocycles. The third-order valence-corrected chi connectivity index (χ3v) is 4.50. The van der Waals surface area contributed by atoms with Crippen LogP contribution in [-0.2, 0) is 0 Å². The molecule has 17 heavy (non-hydrogen) atoms. The number of nitrogens with zero attached hydrogens (tertiary/aromatic N) is 2. The van der Waals surface area contributed by atoms with Crippen molar-refractivity contribution in [2.45, 2.75) is 45.2 Å². The van der Waals surface area contributed by atoms with Crippen molar-refractivity contribution in [1.82, 2.24) is 15.1 Å². The Morgan fingerprint density at radius 2 is 2.00 bits per heavy atom. The second kappa shape index (κ2) is 5.53. The van der Waals surface area contributed by atoms with Gasteiger partial charge in [0.1, 0.15) is 0 Å². The minimum Gasteiger partial charge on any atom is -0.362 e. The molecule has 2 unspecified atom stereocenters. The van der Waals surface area contributed by atoms with Crippen molar-refractivity contribution in [3.8, 4) is 0 Å². The Kier molecular flexibility index (Phi) is 4.26. The third-order valence-electron chi connectivity index (χ3n) is 4.10. The van der Waals surface area contributed by atoms with Gasteiger partial charge in [0.05, 0.1) is 0 Å². The van der Waals surface area contributed by atoms with Crippen LogP contribution in [0.5, 0.6) is 0 Å². The molecule has 4 heteroatoms. The highest BCUT2D eigenvalue weighted by molar-refractivity contribution is 7.80. The first-order chi connectivity index (χ1) is 8.08. The van der Waals surface area contributed by atoms with Gasteiger partial charge in [-0.15, -0.1) is 0 Å². The molecule has 2 heterocycles. The van der Waals surface area contributed by atoms with Crippen molar-refractivity contribution in [3.05, 3.63) is 0 Å². The lowest BCUT2D eigenvalue weighted by atomic mass is 10.1. The van der Waals surface area contributed by atoms with Crippen LogP contribution in [0.25, 0.3) is 0 Å². The maximum absolute atomic E-state index is 5.50. The molecule has 0 amide bonds. The van der Waals surface area contributed by atoms with E-state index in [2.05, 4.69) is 36.0 Å². The molecule has 0 aromatic rings. The molecule has 0 spiro atoms. The lowest BCUT2D eigenvalue weighted by molar-refractivity contribution is 0.245. The molecule has 2 rings (SSSR count). The number of likely N-dealkylation sites (N-methyl/N-ethyl adjacent to an activating group) is 1. The van der Waals surface area contributed by atoms with Gasteiger partial charge in [0.15, 0.2) is 5.11 Å². The van der Waals surface area contributed by atoms with Crippen molar-refractivity contribution in [3.63, 3.8) is 0 Å². The van der Waals surface area contributed by atoms with Crippen LogP contribution < -0.4 is 5.32 Å². The number of hydrogen-bond donors (Lipinski definition) is 1. The average Bonchev–Trinajstić information content (AvgIpc) is 2.50. The Labute approximate surface area is 111 Å². The van der Waals surface area contributed by atoms with Crippen molar-refractivity contribution in [2.24, 2.45) is 5.92 Å². The average molecular weight is 255 g/mol. The van der Waals surface area contributed by atoms with Gasteiger partial charge in [-0.05, 0) is 44.4 Å². The van der Waals surface area contributed by atoms with Crippen molar-refractivity contribution in [1.29, 1.82) is 0 Å². The number of likely N-dealkylation sites (tertiary alicyclic amines) is 1. The van der Waals surface area contributed by atoms with Gasteiger partial charge in [-0.3, -0.25) is 4.90 Å². The molecule has 0 radical (unpaired) electrons. The Balaban J connectivity index is 1.88. The van der Waals surface area contributed by atoms with Gasteiger partial charge in [-0.25, -0.2) is 0 Å². The largest absolute Gasteiger partial charge is 0.362 e. The standard InChI is InChI=1S/C13H25N3S/c1-10(2)8-14-13(17)16-7-6-11-4-5-12(9-16)15(11)3/h10-12H,4-9H2,1-3H3,(H,14,17). The zero-order valence-electron chi connectivity index (χ0n) is 11.3. The van der Waals surface area contributed by atoms with E-state index in [1.165, 1.54) is 19.3 Å². The molecule has 2 atom stereocenters. The predicted molar refractivity (Wildman–Crippen MR) is 76.2 cm³/mol. The summed E-state index contributed by atoms with van der Waals surface area (Å²) in [6.45, 7) is 7.65. The zero-order chi connectivity index (χ0) is 12.4. The van der Waals surface area contributed by atoms with Gasteiger partial charge in [0.25, 0.3) is 0 Å².